The van der Waals surface area contributed by atoms with Crippen molar-refractivity contribution in [1.82, 2.24) is 0 Å². The van der Waals surface area contributed by atoms with E-state index in [4.69, 9.17) is 4.84 Å². The lowest BCUT2D eigenvalue weighted by molar-refractivity contribution is -0.137. The number of anilines is 3. The molecule has 0 aromatic heterocycles. The quantitative estimate of drug-likeness (QED) is 0.455. The standard InChI is InChI=1S/C22H14F3N3O3/c23-22(24,25)14-7-6-8-15(13-14)26-21(30)31-27-19-17-11-4-5-12-18(17)28(20(19)29)16-9-2-1-3-10-16/h1-13H,(H,26,30)/b27-19+. The summed E-state index contributed by atoms with van der Waals surface area (Å²) in [7, 11) is 0. The molecular formula is C22H14F3N3O3. The zero-order valence-electron chi connectivity index (χ0n) is 15.8. The van der Waals surface area contributed by atoms with E-state index in [1.165, 1.54) is 11.0 Å². The van der Waals surface area contributed by atoms with E-state index >= 15 is 0 Å². The topological polar surface area (TPSA) is 71.0 Å². The van der Waals surface area contributed by atoms with Crippen LogP contribution in [0.2, 0.25) is 0 Å². The molecule has 4 rings (SSSR count). The molecule has 0 fully saturated rings. The first-order valence-electron chi connectivity index (χ1n) is 9.07. The van der Waals surface area contributed by atoms with Crippen LogP contribution in [0.3, 0.4) is 0 Å². The van der Waals surface area contributed by atoms with Gasteiger partial charge in [-0.15, -0.1) is 0 Å². The molecule has 0 spiro atoms. The molecule has 1 N–H and O–H groups in total. The Kier molecular flexibility index (Phi) is 5.16. The summed E-state index contributed by atoms with van der Waals surface area (Å²) in [6.45, 7) is 0. The Morgan fingerprint density at radius 3 is 2.39 bits per heavy atom. The normalized spacial score (nSPS) is 14.5. The maximum atomic E-state index is 12.9. The van der Waals surface area contributed by atoms with Crippen molar-refractivity contribution in [3.63, 3.8) is 0 Å². The summed E-state index contributed by atoms with van der Waals surface area (Å²) in [5.74, 6) is -0.501. The Morgan fingerprint density at radius 1 is 0.935 bits per heavy atom. The predicted octanol–water partition coefficient (Wildman–Crippen LogP) is 5.34. The first-order chi connectivity index (χ1) is 14.8. The second-order valence-electron chi connectivity index (χ2n) is 6.52. The lowest BCUT2D eigenvalue weighted by atomic mass is 10.1. The highest BCUT2D eigenvalue weighted by atomic mass is 19.4. The molecule has 0 radical (unpaired) electrons. The molecule has 2 amide bonds. The highest BCUT2D eigenvalue weighted by Gasteiger charge is 2.35. The average Bonchev–Trinajstić information content (AvgIpc) is 3.03. The van der Waals surface area contributed by atoms with Gasteiger partial charge in [-0.05, 0) is 36.4 Å². The van der Waals surface area contributed by atoms with Gasteiger partial charge >= 0.3 is 12.3 Å². The highest BCUT2D eigenvalue weighted by Crippen LogP contribution is 2.35. The van der Waals surface area contributed by atoms with Crippen molar-refractivity contribution < 1.29 is 27.6 Å². The van der Waals surface area contributed by atoms with Gasteiger partial charge in [-0.25, -0.2) is 4.79 Å². The van der Waals surface area contributed by atoms with Crippen LogP contribution in [0.25, 0.3) is 0 Å². The Hall–Kier alpha value is -4.14. The number of alkyl halides is 3. The molecule has 3 aromatic carbocycles. The number of carbonyl (C=O) groups is 2. The Labute approximate surface area is 174 Å². The number of para-hydroxylation sites is 2. The molecule has 0 saturated carbocycles. The van der Waals surface area contributed by atoms with Crippen molar-refractivity contribution in [3.8, 4) is 0 Å². The average molecular weight is 425 g/mol. The van der Waals surface area contributed by atoms with Crippen molar-refractivity contribution >= 4 is 34.8 Å². The molecule has 0 aliphatic carbocycles. The minimum Gasteiger partial charge on any atom is -0.297 e. The smallest absolute Gasteiger partial charge is 0.297 e. The number of hydrogen-bond acceptors (Lipinski definition) is 4. The van der Waals surface area contributed by atoms with Crippen molar-refractivity contribution in [3.05, 3.63) is 90.0 Å². The number of oxime groups is 1. The van der Waals surface area contributed by atoms with Gasteiger partial charge in [-0.2, -0.15) is 13.2 Å². The van der Waals surface area contributed by atoms with Gasteiger partial charge in [0.05, 0.1) is 11.3 Å². The number of fused-ring (bicyclic) bond motifs is 1. The first-order valence-corrected chi connectivity index (χ1v) is 9.07. The zero-order valence-corrected chi connectivity index (χ0v) is 15.8. The number of hydrogen-bond donors (Lipinski definition) is 1. The lowest BCUT2D eigenvalue weighted by Crippen LogP contribution is -2.26. The fraction of sp³-hybridized carbons (Fsp3) is 0.0455. The molecule has 3 aromatic rings. The van der Waals surface area contributed by atoms with Gasteiger partial charge in [0.15, 0.2) is 5.71 Å². The van der Waals surface area contributed by atoms with Gasteiger partial charge in [-0.1, -0.05) is 47.6 Å². The summed E-state index contributed by atoms with van der Waals surface area (Å²) in [6, 6.07) is 19.8. The number of rotatable bonds is 3. The highest BCUT2D eigenvalue weighted by molar-refractivity contribution is 6.55. The summed E-state index contributed by atoms with van der Waals surface area (Å²) in [6.07, 6.45) is -5.68. The van der Waals surface area contributed by atoms with Crippen molar-refractivity contribution in [2.45, 2.75) is 6.18 Å². The number of nitrogens with zero attached hydrogens (tertiary/aromatic N) is 2. The number of nitrogens with one attached hydrogen (secondary N) is 1. The number of benzene rings is 3. The van der Waals surface area contributed by atoms with Crippen LogP contribution < -0.4 is 10.2 Å². The summed E-state index contributed by atoms with van der Waals surface area (Å²) in [4.78, 5) is 31.2. The van der Waals surface area contributed by atoms with Crippen LogP contribution in [-0.4, -0.2) is 17.7 Å². The van der Waals surface area contributed by atoms with Gasteiger partial charge in [-0.3, -0.25) is 19.8 Å². The van der Waals surface area contributed by atoms with E-state index in [0.29, 0.717) is 16.9 Å². The van der Waals surface area contributed by atoms with Gasteiger partial charge in [0.2, 0.25) is 0 Å². The van der Waals surface area contributed by atoms with Gasteiger partial charge < -0.3 is 0 Å². The third-order valence-corrected chi connectivity index (χ3v) is 4.48. The lowest BCUT2D eigenvalue weighted by Gasteiger charge is -2.16. The van der Waals surface area contributed by atoms with E-state index < -0.39 is 23.7 Å². The molecular weight excluding hydrogens is 411 g/mol. The van der Waals surface area contributed by atoms with E-state index in [1.807, 2.05) is 6.07 Å². The molecule has 156 valence electrons. The molecule has 9 heteroatoms. The minimum absolute atomic E-state index is 0.0985. The third kappa shape index (κ3) is 4.11. The molecule has 0 saturated heterocycles. The van der Waals surface area contributed by atoms with Crippen LogP contribution in [0.1, 0.15) is 11.1 Å². The fourth-order valence-corrected chi connectivity index (χ4v) is 3.12. The van der Waals surface area contributed by atoms with Gasteiger partial charge in [0, 0.05) is 16.9 Å². The Balaban J connectivity index is 1.55. The number of halogens is 3. The van der Waals surface area contributed by atoms with E-state index in [9.17, 15) is 22.8 Å². The SMILES string of the molecule is O=C(Nc1cccc(C(F)(F)F)c1)O/N=C1/C(=O)N(c2ccccc2)c2ccccc21. The number of amides is 2. The van der Waals surface area contributed by atoms with Crippen LogP contribution in [-0.2, 0) is 15.8 Å². The molecule has 0 bridgehead atoms. The molecule has 1 aliphatic rings. The van der Waals surface area contributed by atoms with Crippen LogP contribution >= 0.6 is 0 Å². The van der Waals surface area contributed by atoms with Crippen LogP contribution in [0.15, 0.2) is 84.0 Å². The Bertz CT molecular complexity index is 1180. The molecule has 1 aliphatic heterocycles. The summed E-state index contributed by atoms with van der Waals surface area (Å²) in [5, 5.41) is 5.85. The summed E-state index contributed by atoms with van der Waals surface area (Å²) < 4.78 is 38.4. The summed E-state index contributed by atoms with van der Waals surface area (Å²) >= 11 is 0. The molecule has 0 atom stereocenters. The maximum absolute atomic E-state index is 12.9. The van der Waals surface area contributed by atoms with Crippen molar-refractivity contribution in [2.24, 2.45) is 5.16 Å². The predicted molar refractivity (Wildman–Crippen MR) is 108 cm³/mol. The molecule has 31 heavy (non-hydrogen) atoms. The van der Waals surface area contributed by atoms with E-state index in [2.05, 4.69) is 10.5 Å². The monoisotopic (exact) mass is 425 g/mol. The zero-order chi connectivity index (χ0) is 22.0. The molecule has 0 unspecified atom stereocenters. The second kappa shape index (κ2) is 7.94. The number of carbonyl (C=O) groups excluding carboxylic acids is 2. The fourth-order valence-electron chi connectivity index (χ4n) is 3.12. The summed E-state index contributed by atoms with van der Waals surface area (Å²) in [5.41, 5.74) is 0.499. The Morgan fingerprint density at radius 2 is 1.65 bits per heavy atom. The first kappa shape index (κ1) is 20.1. The van der Waals surface area contributed by atoms with E-state index in [0.717, 1.165) is 18.2 Å². The largest absolute Gasteiger partial charge is 0.437 e. The van der Waals surface area contributed by atoms with Gasteiger partial charge in [0.25, 0.3) is 5.91 Å². The minimum atomic E-state index is -4.55. The van der Waals surface area contributed by atoms with E-state index in [1.54, 1.807) is 48.5 Å². The van der Waals surface area contributed by atoms with Crippen LogP contribution in [0.5, 0.6) is 0 Å². The van der Waals surface area contributed by atoms with Crippen LogP contribution in [0.4, 0.5) is 35.0 Å². The van der Waals surface area contributed by atoms with Crippen molar-refractivity contribution in [1.29, 1.82) is 0 Å². The van der Waals surface area contributed by atoms with Crippen LogP contribution in [0, 0.1) is 0 Å². The molecule has 6 nitrogen and oxygen atoms in total. The van der Waals surface area contributed by atoms with E-state index in [-0.39, 0.29) is 11.4 Å². The maximum Gasteiger partial charge on any atom is 0.437 e. The molecule has 1 heterocycles. The van der Waals surface area contributed by atoms with Gasteiger partial charge in [0.1, 0.15) is 0 Å². The van der Waals surface area contributed by atoms with Crippen molar-refractivity contribution in [2.75, 3.05) is 10.2 Å². The third-order valence-electron chi connectivity index (χ3n) is 4.48. The second-order valence-corrected chi connectivity index (χ2v) is 6.52.